The van der Waals surface area contributed by atoms with Gasteiger partial charge >= 0.3 is 0 Å². The summed E-state index contributed by atoms with van der Waals surface area (Å²) >= 11 is 0. The van der Waals surface area contributed by atoms with E-state index in [1.807, 2.05) is 48.5 Å². The summed E-state index contributed by atoms with van der Waals surface area (Å²) in [6.07, 6.45) is 1.89. The fraction of sp³-hybridized carbons (Fsp3) is 0.153. The molecule has 5 heteroatoms. The van der Waals surface area contributed by atoms with Crippen molar-refractivity contribution in [3.05, 3.63) is 240 Å². The average molecular weight is 839 g/mol. The van der Waals surface area contributed by atoms with Crippen LogP contribution in [0.25, 0.3) is 11.1 Å². The number of ether oxygens (including phenoxy) is 1. The van der Waals surface area contributed by atoms with Crippen molar-refractivity contribution in [1.82, 2.24) is 0 Å². The summed E-state index contributed by atoms with van der Waals surface area (Å²) in [6, 6.07) is 71.4. The predicted molar refractivity (Wildman–Crippen MR) is 264 cm³/mol. The monoisotopic (exact) mass is 838 g/mol. The molecule has 0 atom stereocenters. The second-order valence-electron chi connectivity index (χ2n) is 16.8. The van der Waals surface area contributed by atoms with Gasteiger partial charge in [-0.15, -0.1) is 0 Å². The Bertz CT molecular complexity index is 2800. The van der Waals surface area contributed by atoms with Crippen molar-refractivity contribution in [3.8, 4) is 11.1 Å². The Labute approximate surface area is 378 Å². The number of hydrogen-bond donors (Lipinski definition) is 0. The average Bonchev–Trinajstić information content (AvgIpc) is 3.34. The molecule has 64 heavy (non-hydrogen) atoms. The van der Waals surface area contributed by atoms with Gasteiger partial charge in [-0.2, -0.15) is 0 Å². The van der Waals surface area contributed by atoms with E-state index in [0.29, 0.717) is 30.6 Å². The van der Waals surface area contributed by atoms with E-state index in [2.05, 4.69) is 181 Å². The third-order valence-corrected chi connectivity index (χ3v) is 12.1. The SMILES string of the molecule is COCCc1cccc(N(c2ccccc2)c2ccc(-c3ccc(N(c4ccccc4)c4cccc(CCC(=O)c5ccc(C(C)(C)c6ccc(C(C)=O)cc6)cc5)c4)cc3)cc2)c1. The van der Waals surface area contributed by atoms with Crippen LogP contribution in [0.2, 0.25) is 0 Å². The van der Waals surface area contributed by atoms with Crippen LogP contribution in [0.1, 0.15) is 70.2 Å². The van der Waals surface area contributed by atoms with E-state index in [0.717, 1.165) is 68.4 Å². The van der Waals surface area contributed by atoms with Crippen molar-refractivity contribution < 1.29 is 14.3 Å². The maximum absolute atomic E-state index is 13.5. The van der Waals surface area contributed by atoms with Crippen molar-refractivity contribution in [2.45, 2.75) is 45.4 Å². The second kappa shape index (κ2) is 19.8. The van der Waals surface area contributed by atoms with Gasteiger partial charge in [0.2, 0.25) is 0 Å². The number of methoxy groups -OCH3 is 1. The summed E-state index contributed by atoms with van der Waals surface area (Å²) in [6.45, 7) is 6.59. The quantitative estimate of drug-likeness (QED) is 0.0855. The third-order valence-electron chi connectivity index (χ3n) is 12.1. The van der Waals surface area contributed by atoms with Gasteiger partial charge in [-0.1, -0.05) is 147 Å². The molecular formula is C59H54N2O3. The first-order valence-corrected chi connectivity index (χ1v) is 22.0. The minimum atomic E-state index is -0.280. The lowest BCUT2D eigenvalue weighted by atomic mass is 9.77. The molecule has 318 valence electrons. The highest BCUT2D eigenvalue weighted by molar-refractivity contribution is 5.96. The number of carbonyl (C=O) groups is 2. The molecule has 8 aromatic rings. The van der Waals surface area contributed by atoms with Gasteiger partial charge < -0.3 is 14.5 Å². The molecule has 8 aromatic carbocycles. The van der Waals surface area contributed by atoms with Crippen LogP contribution in [0.5, 0.6) is 0 Å². The van der Waals surface area contributed by atoms with Gasteiger partial charge in [0, 0.05) is 64.2 Å². The van der Waals surface area contributed by atoms with Crippen molar-refractivity contribution in [1.29, 1.82) is 0 Å². The Kier molecular flexibility index (Phi) is 13.4. The van der Waals surface area contributed by atoms with Crippen LogP contribution >= 0.6 is 0 Å². The molecule has 5 nitrogen and oxygen atoms in total. The number of para-hydroxylation sites is 2. The molecule has 0 aliphatic heterocycles. The Morgan fingerprint density at radius 1 is 0.453 bits per heavy atom. The van der Waals surface area contributed by atoms with Crippen LogP contribution in [0.4, 0.5) is 34.1 Å². The normalized spacial score (nSPS) is 11.2. The molecule has 0 aromatic heterocycles. The summed E-state index contributed by atoms with van der Waals surface area (Å²) < 4.78 is 5.36. The van der Waals surface area contributed by atoms with Gasteiger partial charge in [0.1, 0.15) is 0 Å². The molecule has 0 unspecified atom stereocenters. The highest BCUT2D eigenvalue weighted by atomic mass is 16.5. The Hall–Kier alpha value is -7.34. The molecule has 0 spiro atoms. The number of aryl methyl sites for hydroxylation is 1. The number of nitrogens with zero attached hydrogens (tertiary/aromatic N) is 2. The van der Waals surface area contributed by atoms with Crippen molar-refractivity contribution in [3.63, 3.8) is 0 Å². The van der Waals surface area contributed by atoms with E-state index in [-0.39, 0.29) is 17.0 Å². The van der Waals surface area contributed by atoms with Gasteiger partial charge in [0.25, 0.3) is 0 Å². The summed E-state index contributed by atoms with van der Waals surface area (Å²) in [4.78, 5) is 29.9. The topological polar surface area (TPSA) is 49.9 Å². The number of benzene rings is 8. The zero-order valence-corrected chi connectivity index (χ0v) is 37.1. The molecule has 0 saturated carbocycles. The summed E-state index contributed by atoms with van der Waals surface area (Å²) in [5, 5.41) is 0. The van der Waals surface area contributed by atoms with E-state index < -0.39 is 0 Å². The number of ketones is 2. The minimum absolute atomic E-state index is 0.0561. The van der Waals surface area contributed by atoms with E-state index in [9.17, 15) is 9.59 Å². The van der Waals surface area contributed by atoms with E-state index >= 15 is 0 Å². The number of hydrogen-bond acceptors (Lipinski definition) is 5. The maximum Gasteiger partial charge on any atom is 0.163 e. The third kappa shape index (κ3) is 9.97. The second-order valence-corrected chi connectivity index (χ2v) is 16.8. The molecule has 0 aliphatic rings. The zero-order valence-electron chi connectivity index (χ0n) is 37.1. The van der Waals surface area contributed by atoms with Gasteiger partial charge in [-0.25, -0.2) is 0 Å². The summed E-state index contributed by atoms with van der Waals surface area (Å²) in [5.41, 5.74) is 14.4. The number of anilines is 6. The van der Waals surface area contributed by atoms with E-state index in [4.69, 9.17) is 4.74 Å². The van der Waals surface area contributed by atoms with Crippen molar-refractivity contribution >= 4 is 45.7 Å². The molecule has 0 heterocycles. The fourth-order valence-corrected chi connectivity index (χ4v) is 8.34. The molecule has 8 rings (SSSR count). The zero-order chi connectivity index (χ0) is 44.5. The predicted octanol–water partition coefficient (Wildman–Crippen LogP) is 14.8. The smallest absolute Gasteiger partial charge is 0.163 e. The molecule has 0 radical (unpaired) electrons. The van der Waals surface area contributed by atoms with Crippen molar-refractivity contribution in [2.24, 2.45) is 0 Å². The lowest BCUT2D eigenvalue weighted by Crippen LogP contribution is -2.19. The number of rotatable bonds is 17. The van der Waals surface area contributed by atoms with Crippen LogP contribution < -0.4 is 9.80 Å². The van der Waals surface area contributed by atoms with Gasteiger partial charge in [-0.05, 0) is 126 Å². The van der Waals surface area contributed by atoms with Gasteiger partial charge in [0.15, 0.2) is 11.6 Å². The first kappa shape index (κ1) is 43.3. The summed E-state index contributed by atoms with van der Waals surface area (Å²) in [5.74, 6) is 0.171. The molecular weight excluding hydrogens is 785 g/mol. The highest BCUT2D eigenvalue weighted by Crippen LogP contribution is 2.39. The molecule has 0 amide bonds. The molecule has 0 saturated heterocycles. The van der Waals surface area contributed by atoms with Crippen LogP contribution in [-0.2, 0) is 23.0 Å². The first-order chi connectivity index (χ1) is 31.2. The van der Waals surface area contributed by atoms with Gasteiger partial charge in [0.05, 0.1) is 6.61 Å². The largest absolute Gasteiger partial charge is 0.384 e. The van der Waals surface area contributed by atoms with E-state index in [1.54, 1.807) is 14.0 Å². The van der Waals surface area contributed by atoms with Crippen LogP contribution in [0.3, 0.4) is 0 Å². The van der Waals surface area contributed by atoms with Crippen LogP contribution in [-0.4, -0.2) is 25.3 Å². The highest BCUT2D eigenvalue weighted by Gasteiger charge is 2.24. The van der Waals surface area contributed by atoms with Gasteiger partial charge in [-0.3, -0.25) is 9.59 Å². The lowest BCUT2D eigenvalue weighted by Gasteiger charge is -2.27. The van der Waals surface area contributed by atoms with Crippen LogP contribution in [0, 0.1) is 0 Å². The van der Waals surface area contributed by atoms with E-state index in [1.165, 1.54) is 5.56 Å². The fourth-order valence-electron chi connectivity index (χ4n) is 8.34. The lowest BCUT2D eigenvalue weighted by molar-refractivity contribution is 0.0980. The van der Waals surface area contributed by atoms with Crippen molar-refractivity contribution in [2.75, 3.05) is 23.5 Å². The number of Topliss-reactive ketones (excluding diaryl/α,β-unsaturated/α-hetero) is 2. The molecule has 0 fully saturated rings. The first-order valence-electron chi connectivity index (χ1n) is 22.0. The molecule has 0 aliphatic carbocycles. The van der Waals surface area contributed by atoms with Crippen LogP contribution in [0.15, 0.2) is 206 Å². The Morgan fingerprint density at radius 3 is 1.30 bits per heavy atom. The Morgan fingerprint density at radius 2 is 0.859 bits per heavy atom. The standard InChI is InChI=1S/C59H54N2O3/c1-43(62)46-22-30-50(31-23-46)59(2,3)51-32-24-49(25-33-51)58(63)38-21-44-13-11-19-56(41-44)60(52-15-7-5-8-16-52)54-34-26-47(27-35-54)48-28-36-55(37-29-48)61(53-17-9-6-10-18-53)57-20-12-14-45(42-57)39-40-64-4/h5-20,22-37,41-42H,21,38-40H2,1-4H3. The maximum atomic E-state index is 13.5. The number of carbonyl (C=O) groups excluding carboxylic acids is 2. The minimum Gasteiger partial charge on any atom is -0.384 e. The molecule has 0 bridgehead atoms. The molecule has 0 N–H and O–H groups in total. The summed E-state index contributed by atoms with van der Waals surface area (Å²) in [7, 11) is 1.74. The Balaban J connectivity index is 0.981.